The van der Waals surface area contributed by atoms with Gasteiger partial charge in [-0.2, -0.15) is 0 Å². The van der Waals surface area contributed by atoms with E-state index in [4.69, 9.17) is 0 Å². The fourth-order valence-electron chi connectivity index (χ4n) is 3.35. The molecule has 2 N–H and O–H groups in total. The molecule has 0 aliphatic heterocycles. The highest BCUT2D eigenvalue weighted by atomic mass is 16.2. The topological polar surface area (TPSA) is 91.4 Å². The van der Waals surface area contributed by atoms with Gasteiger partial charge in [-0.1, -0.05) is 32.8 Å². The van der Waals surface area contributed by atoms with Crippen LogP contribution in [0.1, 0.15) is 58.8 Å². The van der Waals surface area contributed by atoms with E-state index in [0.29, 0.717) is 18.3 Å². The maximum Gasteiger partial charge on any atom is 0.239 e. The highest BCUT2D eigenvalue weighted by Crippen LogP contribution is 2.24. The first-order valence-electron chi connectivity index (χ1n) is 10.2. The van der Waals surface area contributed by atoms with Crippen LogP contribution in [0.4, 0.5) is 5.82 Å². The van der Waals surface area contributed by atoms with Crippen LogP contribution in [-0.2, 0) is 14.4 Å². The minimum absolute atomic E-state index is 0.0729. The number of amides is 3. The lowest BCUT2D eigenvalue weighted by molar-refractivity contribution is -0.139. The van der Waals surface area contributed by atoms with E-state index in [0.717, 1.165) is 32.1 Å². The third-order valence-corrected chi connectivity index (χ3v) is 4.94. The molecule has 0 spiro atoms. The van der Waals surface area contributed by atoms with Gasteiger partial charge in [0.25, 0.3) is 0 Å². The fraction of sp³-hybridized carbons (Fsp3) is 0.619. The fourth-order valence-corrected chi connectivity index (χ4v) is 3.35. The van der Waals surface area contributed by atoms with E-state index in [9.17, 15) is 14.4 Å². The molecule has 3 amide bonds. The summed E-state index contributed by atoms with van der Waals surface area (Å²) in [6, 6.07) is 5.35. The Hall–Kier alpha value is -2.44. The second kappa shape index (κ2) is 11.4. The van der Waals surface area contributed by atoms with Gasteiger partial charge in [0, 0.05) is 31.6 Å². The van der Waals surface area contributed by atoms with Gasteiger partial charge in [-0.25, -0.2) is 4.98 Å². The molecular formula is C21H32N4O3. The van der Waals surface area contributed by atoms with E-state index < -0.39 is 0 Å². The molecule has 154 valence electrons. The van der Waals surface area contributed by atoms with Crippen LogP contribution in [0.15, 0.2) is 24.4 Å². The smallest absolute Gasteiger partial charge is 0.239 e. The van der Waals surface area contributed by atoms with Gasteiger partial charge in [-0.15, -0.1) is 0 Å². The Kier molecular flexibility index (Phi) is 8.91. The van der Waals surface area contributed by atoms with Gasteiger partial charge in [0.15, 0.2) is 0 Å². The van der Waals surface area contributed by atoms with Crippen molar-refractivity contribution in [3.63, 3.8) is 0 Å². The van der Waals surface area contributed by atoms with Crippen LogP contribution in [0.25, 0.3) is 0 Å². The molecule has 2 rings (SSSR count). The number of carbonyl (C=O) groups is 3. The van der Waals surface area contributed by atoms with Crippen LogP contribution in [0.5, 0.6) is 0 Å². The van der Waals surface area contributed by atoms with Gasteiger partial charge in [0.2, 0.25) is 17.7 Å². The zero-order chi connectivity index (χ0) is 20.4. The molecule has 0 atom stereocenters. The molecule has 0 bridgehead atoms. The Labute approximate surface area is 167 Å². The average Bonchev–Trinajstić information content (AvgIpc) is 3.19. The lowest BCUT2D eigenvalue weighted by Crippen LogP contribution is -2.45. The van der Waals surface area contributed by atoms with E-state index in [1.165, 1.54) is 0 Å². The van der Waals surface area contributed by atoms with Gasteiger partial charge in [0.05, 0.1) is 6.54 Å². The number of nitrogens with one attached hydrogen (secondary N) is 2. The molecule has 0 radical (unpaired) electrons. The van der Waals surface area contributed by atoms with Gasteiger partial charge in [-0.3, -0.25) is 14.4 Å². The normalized spacial score (nSPS) is 14.1. The second-order valence-corrected chi connectivity index (χ2v) is 7.76. The van der Waals surface area contributed by atoms with Crippen LogP contribution in [0.2, 0.25) is 0 Å². The molecule has 28 heavy (non-hydrogen) atoms. The molecule has 1 aliphatic carbocycles. The summed E-state index contributed by atoms with van der Waals surface area (Å²) in [5, 5.41) is 5.58. The highest BCUT2D eigenvalue weighted by Gasteiger charge is 2.28. The monoisotopic (exact) mass is 388 g/mol. The maximum atomic E-state index is 12.8. The van der Waals surface area contributed by atoms with Crippen molar-refractivity contribution in [1.82, 2.24) is 15.2 Å². The van der Waals surface area contributed by atoms with Crippen molar-refractivity contribution >= 4 is 23.5 Å². The predicted molar refractivity (Wildman–Crippen MR) is 109 cm³/mol. The van der Waals surface area contributed by atoms with Crippen molar-refractivity contribution in [2.24, 2.45) is 5.92 Å². The number of hydrogen-bond donors (Lipinski definition) is 2. The van der Waals surface area contributed by atoms with Gasteiger partial charge in [-0.05, 0) is 37.3 Å². The molecule has 0 unspecified atom stereocenters. The summed E-state index contributed by atoms with van der Waals surface area (Å²) < 4.78 is 0. The first kappa shape index (κ1) is 21.9. The zero-order valence-corrected chi connectivity index (χ0v) is 16.9. The summed E-state index contributed by atoms with van der Waals surface area (Å²) in [5.74, 6) is 0.475. The summed E-state index contributed by atoms with van der Waals surface area (Å²) in [6.07, 6.45) is 6.67. The van der Waals surface area contributed by atoms with Gasteiger partial charge in [0.1, 0.15) is 5.82 Å². The molecule has 0 aromatic carbocycles. The van der Waals surface area contributed by atoms with Crippen molar-refractivity contribution in [2.75, 3.05) is 18.4 Å². The predicted octanol–water partition coefficient (Wildman–Crippen LogP) is 2.73. The standard InChI is InChI=1S/C21H32N4O3/c1-16(2)12-14-23-20(27)15-25(17-7-3-4-8-17)21(28)11-10-19(26)24-18-9-5-6-13-22-18/h5-6,9,13,16-17H,3-4,7-8,10-12,14-15H2,1-2H3,(H,23,27)(H,22,24,26). The lowest BCUT2D eigenvalue weighted by Gasteiger charge is -2.28. The van der Waals surface area contributed by atoms with Crippen LogP contribution in [0, 0.1) is 5.92 Å². The van der Waals surface area contributed by atoms with Gasteiger partial charge >= 0.3 is 0 Å². The third-order valence-electron chi connectivity index (χ3n) is 4.94. The molecule has 0 saturated heterocycles. The molecule has 7 heteroatoms. The van der Waals surface area contributed by atoms with Crippen LogP contribution < -0.4 is 10.6 Å². The summed E-state index contributed by atoms with van der Waals surface area (Å²) >= 11 is 0. The van der Waals surface area contributed by atoms with Crippen LogP contribution >= 0.6 is 0 Å². The molecule has 1 saturated carbocycles. The van der Waals surface area contributed by atoms with Crippen molar-refractivity contribution in [1.29, 1.82) is 0 Å². The largest absolute Gasteiger partial charge is 0.355 e. The summed E-state index contributed by atoms with van der Waals surface area (Å²) in [6.45, 7) is 4.91. The van der Waals surface area contributed by atoms with Crippen LogP contribution in [0.3, 0.4) is 0 Å². The summed E-state index contributed by atoms with van der Waals surface area (Å²) in [4.78, 5) is 42.8. The maximum absolute atomic E-state index is 12.8. The third kappa shape index (κ3) is 7.66. The second-order valence-electron chi connectivity index (χ2n) is 7.76. The van der Waals surface area contributed by atoms with E-state index in [2.05, 4.69) is 29.5 Å². The number of nitrogens with zero attached hydrogens (tertiary/aromatic N) is 2. The molecule has 1 aromatic rings. The summed E-state index contributed by atoms with van der Waals surface area (Å²) in [7, 11) is 0. The van der Waals surface area contributed by atoms with E-state index >= 15 is 0 Å². The number of aromatic nitrogens is 1. The average molecular weight is 389 g/mol. The quantitative estimate of drug-likeness (QED) is 0.645. The highest BCUT2D eigenvalue weighted by molar-refractivity contribution is 5.93. The van der Waals surface area contributed by atoms with Crippen molar-refractivity contribution in [2.45, 2.75) is 64.8 Å². The number of rotatable bonds is 10. The van der Waals surface area contributed by atoms with Gasteiger partial charge < -0.3 is 15.5 Å². The minimum atomic E-state index is -0.250. The molecular weight excluding hydrogens is 356 g/mol. The number of pyridine rings is 1. The van der Waals surface area contributed by atoms with E-state index in [-0.39, 0.29) is 43.1 Å². The first-order chi connectivity index (χ1) is 13.5. The molecule has 7 nitrogen and oxygen atoms in total. The Bertz CT molecular complexity index is 642. The Balaban J connectivity index is 1.84. The SMILES string of the molecule is CC(C)CCNC(=O)CN(C(=O)CCC(=O)Nc1ccccn1)C1CCCC1. The number of anilines is 1. The minimum Gasteiger partial charge on any atom is -0.355 e. The van der Waals surface area contributed by atoms with E-state index in [1.54, 1.807) is 29.3 Å². The molecule has 1 aromatic heterocycles. The zero-order valence-electron chi connectivity index (χ0n) is 16.9. The molecule has 1 heterocycles. The van der Waals surface area contributed by atoms with Crippen molar-refractivity contribution < 1.29 is 14.4 Å². The summed E-state index contributed by atoms with van der Waals surface area (Å²) in [5.41, 5.74) is 0. The molecule has 1 fully saturated rings. The Morgan fingerprint density at radius 3 is 2.54 bits per heavy atom. The van der Waals surface area contributed by atoms with Crippen molar-refractivity contribution in [3.8, 4) is 0 Å². The number of carbonyl (C=O) groups excluding carboxylic acids is 3. The van der Waals surface area contributed by atoms with Crippen LogP contribution in [-0.4, -0.2) is 46.7 Å². The first-order valence-corrected chi connectivity index (χ1v) is 10.2. The molecule has 1 aliphatic rings. The Morgan fingerprint density at radius 2 is 1.89 bits per heavy atom. The van der Waals surface area contributed by atoms with Crippen molar-refractivity contribution in [3.05, 3.63) is 24.4 Å². The number of hydrogen-bond acceptors (Lipinski definition) is 4. The van der Waals surface area contributed by atoms with E-state index in [1.807, 2.05) is 0 Å². The lowest BCUT2D eigenvalue weighted by atomic mass is 10.1. The Morgan fingerprint density at radius 1 is 1.14 bits per heavy atom.